The zero-order valence-electron chi connectivity index (χ0n) is 8.79. The fourth-order valence-electron chi connectivity index (χ4n) is 0.661. The van der Waals surface area contributed by atoms with Gasteiger partial charge in [-0.25, -0.2) is 0 Å². The fourth-order valence-corrected chi connectivity index (χ4v) is 0.661. The van der Waals surface area contributed by atoms with E-state index in [0.717, 1.165) is 0 Å². The minimum absolute atomic E-state index is 0.140. The van der Waals surface area contributed by atoms with E-state index in [2.05, 4.69) is 5.32 Å². The first-order valence-electron chi connectivity index (χ1n) is 4.50. The van der Waals surface area contributed by atoms with Crippen LogP contribution in [0.3, 0.4) is 0 Å². The normalized spacial score (nSPS) is 14.4. The Kier molecular flexibility index (Phi) is 4.36. The number of nitrogens with one attached hydrogen (secondary N) is 1. The largest absolute Gasteiger partial charge is 0.391 e. The number of amides is 1. The molecule has 4 nitrogen and oxygen atoms in total. The average molecular weight is 188 g/mol. The molecule has 0 fully saturated rings. The zero-order chi connectivity index (χ0) is 10.6. The van der Waals surface area contributed by atoms with Crippen molar-refractivity contribution in [2.45, 2.75) is 39.3 Å². The van der Waals surface area contributed by atoms with Crippen LogP contribution in [0.25, 0.3) is 0 Å². The first kappa shape index (κ1) is 12.4. The lowest BCUT2D eigenvalue weighted by Crippen LogP contribution is -2.51. The molecule has 0 aliphatic carbocycles. The summed E-state index contributed by atoms with van der Waals surface area (Å²) in [5, 5.41) is 12.0. The van der Waals surface area contributed by atoms with Crippen LogP contribution < -0.4 is 11.1 Å². The average Bonchev–Trinajstić information content (AvgIpc) is 1.97. The van der Waals surface area contributed by atoms with Crippen molar-refractivity contribution < 1.29 is 9.90 Å². The van der Waals surface area contributed by atoms with E-state index in [4.69, 9.17) is 5.73 Å². The Morgan fingerprint density at radius 2 is 2.00 bits per heavy atom. The van der Waals surface area contributed by atoms with E-state index in [1.165, 1.54) is 0 Å². The SMILES string of the molecule is CC(C)C(O)CNC(=O)C(C)(C)N. The van der Waals surface area contributed by atoms with Crippen molar-refractivity contribution in [3.63, 3.8) is 0 Å². The van der Waals surface area contributed by atoms with E-state index in [-0.39, 0.29) is 18.4 Å². The first-order valence-corrected chi connectivity index (χ1v) is 4.50. The molecule has 13 heavy (non-hydrogen) atoms. The van der Waals surface area contributed by atoms with Crippen molar-refractivity contribution in [3.05, 3.63) is 0 Å². The molecule has 0 saturated carbocycles. The van der Waals surface area contributed by atoms with Gasteiger partial charge >= 0.3 is 0 Å². The maximum atomic E-state index is 11.2. The number of aliphatic hydroxyl groups excluding tert-OH is 1. The van der Waals surface area contributed by atoms with E-state index in [0.29, 0.717) is 0 Å². The molecule has 1 unspecified atom stereocenters. The molecule has 0 aromatic heterocycles. The van der Waals surface area contributed by atoms with E-state index in [9.17, 15) is 9.90 Å². The molecule has 0 aliphatic heterocycles. The van der Waals surface area contributed by atoms with Gasteiger partial charge in [-0.1, -0.05) is 13.8 Å². The van der Waals surface area contributed by atoms with Gasteiger partial charge in [0.15, 0.2) is 0 Å². The molecule has 0 bridgehead atoms. The summed E-state index contributed by atoms with van der Waals surface area (Å²) in [6, 6.07) is 0. The summed E-state index contributed by atoms with van der Waals surface area (Å²) in [7, 11) is 0. The highest BCUT2D eigenvalue weighted by molar-refractivity contribution is 5.85. The van der Waals surface area contributed by atoms with Gasteiger partial charge in [-0.2, -0.15) is 0 Å². The predicted molar refractivity (Wildman–Crippen MR) is 52.1 cm³/mol. The molecule has 0 heterocycles. The Labute approximate surface area is 79.5 Å². The third-order valence-corrected chi connectivity index (χ3v) is 1.83. The molecule has 0 spiro atoms. The standard InChI is InChI=1S/C9H20N2O2/c1-6(2)7(12)5-11-8(13)9(3,4)10/h6-7,12H,5,10H2,1-4H3,(H,11,13). The van der Waals surface area contributed by atoms with Crippen LogP contribution in [-0.4, -0.2) is 29.2 Å². The van der Waals surface area contributed by atoms with Crippen molar-refractivity contribution in [2.24, 2.45) is 11.7 Å². The third-order valence-electron chi connectivity index (χ3n) is 1.83. The monoisotopic (exact) mass is 188 g/mol. The highest BCUT2D eigenvalue weighted by Gasteiger charge is 2.22. The van der Waals surface area contributed by atoms with Crippen LogP contribution >= 0.6 is 0 Å². The Hall–Kier alpha value is -0.610. The molecule has 78 valence electrons. The second kappa shape index (κ2) is 4.58. The molecule has 0 saturated heterocycles. The number of hydrogen-bond donors (Lipinski definition) is 3. The number of aliphatic hydroxyl groups is 1. The predicted octanol–water partition coefficient (Wildman–Crippen LogP) is -0.143. The van der Waals surface area contributed by atoms with Gasteiger partial charge < -0.3 is 16.2 Å². The van der Waals surface area contributed by atoms with Crippen LogP contribution in [0, 0.1) is 5.92 Å². The summed E-state index contributed by atoms with van der Waals surface area (Å²) in [6.07, 6.45) is -0.508. The second-order valence-corrected chi connectivity index (χ2v) is 4.24. The molecule has 0 radical (unpaired) electrons. The van der Waals surface area contributed by atoms with Gasteiger partial charge in [0.2, 0.25) is 5.91 Å². The number of nitrogens with two attached hydrogens (primary N) is 1. The number of rotatable bonds is 4. The van der Waals surface area contributed by atoms with Crippen LogP contribution in [0.15, 0.2) is 0 Å². The lowest BCUT2D eigenvalue weighted by molar-refractivity contribution is -0.125. The lowest BCUT2D eigenvalue weighted by Gasteiger charge is -2.20. The molecule has 1 amide bonds. The van der Waals surface area contributed by atoms with Crippen LogP contribution in [0.2, 0.25) is 0 Å². The summed E-state index contributed by atoms with van der Waals surface area (Å²) >= 11 is 0. The molecule has 0 rings (SSSR count). The van der Waals surface area contributed by atoms with Crippen LogP contribution in [0.5, 0.6) is 0 Å². The van der Waals surface area contributed by atoms with Gasteiger partial charge in [0.1, 0.15) is 0 Å². The Morgan fingerprint density at radius 1 is 1.54 bits per heavy atom. The molecular formula is C9H20N2O2. The highest BCUT2D eigenvalue weighted by Crippen LogP contribution is 2.00. The van der Waals surface area contributed by atoms with Gasteiger partial charge in [-0.3, -0.25) is 4.79 Å². The molecule has 0 aromatic rings. The molecule has 4 N–H and O–H groups in total. The zero-order valence-corrected chi connectivity index (χ0v) is 8.79. The van der Waals surface area contributed by atoms with Crippen LogP contribution in [0.4, 0.5) is 0 Å². The highest BCUT2D eigenvalue weighted by atomic mass is 16.3. The smallest absolute Gasteiger partial charge is 0.239 e. The minimum Gasteiger partial charge on any atom is -0.391 e. The number of carbonyl (C=O) groups is 1. The van der Waals surface area contributed by atoms with Crippen molar-refractivity contribution in [1.82, 2.24) is 5.32 Å². The Balaban J connectivity index is 3.84. The molecule has 4 heteroatoms. The fraction of sp³-hybridized carbons (Fsp3) is 0.889. The van der Waals surface area contributed by atoms with Crippen molar-refractivity contribution in [1.29, 1.82) is 0 Å². The summed E-state index contributed by atoms with van der Waals surface area (Å²) < 4.78 is 0. The minimum atomic E-state index is -0.878. The third kappa shape index (κ3) is 4.85. The van der Waals surface area contributed by atoms with Crippen molar-refractivity contribution >= 4 is 5.91 Å². The first-order chi connectivity index (χ1) is 5.75. The number of hydrogen-bond acceptors (Lipinski definition) is 3. The van der Waals surface area contributed by atoms with Crippen molar-refractivity contribution in [3.8, 4) is 0 Å². The summed E-state index contributed by atoms with van der Waals surface area (Å²) in [5.41, 5.74) is 4.67. The summed E-state index contributed by atoms with van der Waals surface area (Å²) in [4.78, 5) is 11.2. The van der Waals surface area contributed by atoms with Gasteiger partial charge in [0.25, 0.3) is 0 Å². The summed E-state index contributed by atoms with van der Waals surface area (Å²) in [5.74, 6) is -0.103. The molecule has 0 aliphatic rings. The molecule has 1 atom stereocenters. The quantitative estimate of drug-likeness (QED) is 0.574. The van der Waals surface area contributed by atoms with Crippen LogP contribution in [0.1, 0.15) is 27.7 Å². The topological polar surface area (TPSA) is 75.3 Å². The molecular weight excluding hydrogens is 168 g/mol. The Bertz CT molecular complexity index is 173. The molecule has 0 aromatic carbocycles. The van der Waals surface area contributed by atoms with Gasteiger partial charge in [0.05, 0.1) is 11.6 Å². The van der Waals surface area contributed by atoms with Crippen LogP contribution in [-0.2, 0) is 4.79 Å². The van der Waals surface area contributed by atoms with Gasteiger partial charge in [0, 0.05) is 6.54 Å². The van der Waals surface area contributed by atoms with E-state index in [1.807, 2.05) is 13.8 Å². The number of carbonyl (C=O) groups excluding carboxylic acids is 1. The van der Waals surface area contributed by atoms with Gasteiger partial charge in [-0.05, 0) is 19.8 Å². The van der Waals surface area contributed by atoms with E-state index in [1.54, 1.807) is 13.8 Å². The van der Waals surface area contributed by atoms with E-state index >= 15 is 0 Å². The van der Waals surface area contributed by atoms with Gasteiger partial charge in [-0.15, -0.1) is 0 Å². The maximum absolute atomic E-state index is 11.2. The summed E-state index contributed by atoms with van der Waals surface area (Å²) in [6.45, 7) is 7.31. The Morgan fingerprint density at radius 3 is 2.31 bits per heavy atom. The maximum Gasteiger partial charge on any atom is 0.239 e. The second-order valence-electron chi connectivity index (χ2n) is 4.24. The van der Waals surface area contributed by atoms with E-state index < -0.39 is 11.6 Å². The van der Waals surface area contributed by atoms with Crippen molar-refractivity contribution in [2.75, 3.05) is 6.54 Å². The lowest BCUT2D eigenvalue weighted by atomic mass is 10.0.